The highest BCUT2D eigenvalue weighted by atomic mass is 127. The Balaban J connectivity index is 3.57. The molecule has 0 atom stereocenters. The Kier molecular flexibility index (Phi) is 3.52. The summed E-state index contributed by atoms with van der Waals surface area (Å²) in [4.78, 5) is -0.241. The summed E-state index contributed by atoms with van der Waals surface area (Å²) in [6.45, 7) is 0. The van der Waals surface area contributed by atoms with E-state index in [0.29, 0.717) is 0 Å². The van der Waals surface area contributed by atoms with Crippen LogP contribution in [0.4, 0.5) is 4.39 Å². The molecular formula is C6H3FI2O3S. The minimum absolute atomic E-state index is 0.171. The van der Waals surface area contributed by atoms with Gasteiger partial charge in [-0.25, -0.2) is 4.39 Å². The van der Waals surface area contributed by atoms with Gasteiger partial charge in [0.05, 0.1) is 0 Å². The van der Waals surface area contributed by atoms with Crippen LogP contribution >= 0.6 is 45.2 Å². The van der Waals surface area contributed by atoms with E-state index in [4.69, 9.17) is 4.55 Å². The molecule has 0 aromatic heterocycles. The van der Waals surface area contributed by atoms with Gasteiger partial charge in [0.2, 0.25) is 0 Å². The van der Waals surface area contributed by atoms with E-state index in [1.165, 1.54) is 0 Å². The fraction of sp³-hybridized carbons (Fsp3) is 0. The predicted octanol–water partition coefficient (Wildman–Crippen LogP) is 2.28. The molecule has 7 heteroatoms. The van der Waals surface area contributed by atoms with Gasteiger partial charge in [0, 0.05) is 7.14 Å². The lowest BCUT2D eigenvalue weighted by atomic mass is 10.3. The van der Waals surface area contributed by atoms with E-state index >= 15 is 0 Å². The summed E-state index contributed by atoms with van der Waals surface area (Å²) in [5.74, 6) is -0.527. The lowest BCUT2D eigenvalue weighted by Gasteiger charge is -2.03. The van der Waals surface area contributed by atoms with Crippen molar-refractivity contribution in [3.8, 4) is 0 Å². The number of rotatable bonds is 1. The Morgan fingerprint density at radius 3 is 1.92 bits per heavy atom. The molecule has 0 aliphatic carbocycles. The molecule has 3 nitrogen and oxygen atoms in total. The van der Waals surface area contributed by atoms with Crippen molar-refractivity contribution in [2.75, 3.05) is 0 Å². The fourth-order valence-electron chi connectivity index (χ4n) is 0.775. The molecule has 72 valence electrons. The quantitative estimate of drug-likeness (QED) is 0.552. The molecule has 0 fully saturated rings. The van der Waals surface area contributed by atoms with Crippen molar-refractivity contribution in [2.24, 2.45) is 0 Å². The summed E-state index contributed by atoms with van der Waals surface area (Å²) in [5, 5.41) is 0. The van der Waals surface area contributed by atoms with Gasteiger partial charge in [0.15, 0.2) is 0 Å². The molecular weight excluding hydrogens is 425 g/mol. The van der Waals surface area contributed by atoms with Gasteiger partial charge in [-0.2, -0.15) is 8.42 Å². The molecule has 0 aliphatic heterocycles. The molecule has 0 unspecified atom stereocenters. The summed E-state index contributed by atoms with van der Waals surface area (Å²) < 4.78 is 43.5. The maximum atomic E-state index is 12.7. The van der Waals surface area contributed by atoms with Crippen molar-refractivity contribution >= 4 is 55.3 Å². The fourth-order valence-corrected chi connectivity index (χ4v) is 4.75. The first-order valence-electron chi connectivity index (χ1n) is 2.94. The van der Waals surface area contributed by atoms with Crippen LogP contribution < -0.4 is 0 Å². The van der Waals surface area contributed by atoms with Gasteiger partial charge < -0.3 is 0 Å². The maximum absolute atomic E-state index is 12.7. The normalized spacial score (nSPS) is 11.7. The lowest BCUT2D eigenvalue weighted by molar-refractivity contribution is 0.481. The van der Waals surface area contributed by atoms with Gasteiger partial charge >= 0.3 is 0 Å². The minimum atomic E-state index is -4.26. The van der Waals surface area contributed by atoms with Gasteiger partial charge in [0.25, 0.3) is 10.1 Å². The van der Waals surface area contributed by atoms with Gasteiger partial charge in [-0.1, -0.05) is 0 Å². The minimum Gasteiger partial charge on any atom is -0.282 e. The first-order valence-corrected chi connectivity index (χ1v) is 6.54. The number of benzene rings is 1. The first kappa shape index (κ1) is 11.6. The van der Waals surface area contributed by atoms with E-state index in [2.05, 4.69) is 0 Å². The van der Waals surface area contributed by atoms with E-state index in [9.17, 15) is 12.8 Å². The average Bonchev–Trinajstić information content (AvgIpc) is 1.78. The third kappa shape index (κ3) is 2.73. The molecule has 0 amide bonds. The smallest absolute Gasteiger partial charge is 0.282 e. The maximum Gasteiger partial charge on any atom is 0.296 e. The monoisotopic (exact) mass is 428 g/mol. The molecule has 0 bridgehead atoms. The van der Waals surface area contributed by atoms with Crippen LogP contribution in [0, 0.1) is 13.0 Å². The Morgan fingerprint density at radius 2 is 1.62 bits per heavy atom. The molecule has 1 aromatic carbocycles. The zero-order chi connectivity index (χ0) is 10.2. The zero-order valence-electron chi connectivity index (χ0n) is 5.96. The molecule has 0 saturated carbocycles. The van der Waals surface area contributed by atoms with Crippen LogP contribution in [-0.2, 0) is 10.1 Å². The Hall–Kier alpha value is 0.520. The number of halogens is 3. The molecule has 0 aliphatic rings. The highest BCUT2D eigenvalue weighted by Crippen LogP contribution is 2.24. The zero-order valence-corrected chi connectivity index (χ0v) is 11.1. The third-order valence-corrected chi connectivity index (χ3v) is 4.61. The molecule has 13 heavy (non-hydrogen) atoms. The summed E-state index contributed by atoms with van der Waals surface area (Å²) in [6, 6.07) is 2.09. The average molecular weight is 428 g/mol. The van der Waals surface area contributed by atoms with E-state index < -0.39 is 15.9 Å². The Bertz CT molecular complexity index is 420. The molecule has 0 spiro atoms. The Morgan fingerprint density at radius 1 is 1.23 bits per heavy atom. The van der Waals surface area contributed by atoms with Crippen LogP contribution in [0.15, 0.2) is 17.0 Å². The van der Waals surface area contributed by atoms with Crippen molar-refractivity contribution < 1.29 is 17.4 Å². The van der Waals surface area contributed by atoms with Crippen LogP contribution in [0.5, 0.6) is 0 Å². The molecule has 0 saturated heterocycles. The van der Waals surface area contributed by atoms with Crippen molar-refractivity contribution in [1.82, 2.24) is 0 Å². The van der Waals surface area contributed by atoms with Crippen LogP contribution in [0.3, 0.4) is 0 Å². The molecule has 0 heterocycles. The van der Waals surface area contributed by atoms with Gasteiger partial charge in [-0.05, 0) is 57.3 Å². The second-order valence-corrected chi connectivity index (χ2v) is 5.86. The summed E-state index contributed by atoms with van der Waals surface area (Å²) in [7, 11) is -4.26. The topological polar surface area (TPSA) is 54.4 Å². The lowest BCUT2D eigenvalue weighted by Crippen LogP contribution is -2.04. The van der Waals surface area contributed by atoms with Crippen molar-refractivity contribution in [3.63, 3.8) is 0 Å². The van der Waals surface area contributed by atoms with Crippen LogP contribution in [0.1, 0.15) is 0 Å². The first-order chi connectivity index (χ1) is 5.82. The number of hydrogen-bond acceptors (Lipinski definition) is 2. The van der Waals surface area contributed by atoms with Gasteiger partial charge in [0.1, 0.15) is 10.7 Å². The van der Waals surface area contributed by atoms with Crippen LogP contribution in [0.2, 0.25) is 0 Å². The molecule has 0 radical (unpaired) electrons. The molecule has 1 N–H and O–H groups in total. The second-order valence-electron chi connectivity index (χ2n) is 2.17. The van der Waals surface area contributed by atoms with Crippen molar-refractivity contribution in [2.45, 2.75) is 4.90 Å². The number of hydrogen-bond donors (Lipinski definition) is 1. The van der Waals surface area contributed by atoms with E-state index in [1.54, 1.807) is 45.2 Å². The van der Waals surface area contributed by atoms with E-state index in [-0.39, 0.29) is 12.0 Å². The second kappa shape index (κ2) is 3.95. The van der Waals surface area contributed by atoms with Crippen LogP contribution in [-0.4, -0.2) is 13.0 Å². The third-order valence-electron chi connectivity index (χ3n) is 1.22. The molecule has 1 rings (SSSR count). The highest BCUT2D eigenvalue weighted by molar-refractivity contribution is 14.1. The highest BCUT2D eigenvalue weighted by Gasteiger charge is 2.18. The predicted molar refractivity (Wildman–Crippen MR) is 61.6 cm³/mol. The molecule has 1 aromatic rings. The van der Waals surface area contributed by atoms with E-state index in [1.807, 2.05) is 0 Å². The van der Waals surface area contributed by atoms with Gasteiger partial charge in [-0.15, -0.1) is 0 Å². The summed E-state index contributed by atoms with van der Waals surface area (Å²) in [5.41, 5.74) is 0. The van der Waals surface area contributed by atoms with Gasteiger partial charge in [-0.3, -0.25) is 4.55 Å². The largest absolute Gasteiger partial charge is 0.296 e. The van der Waals surface area contributed by atoms with Crippen molar-refractivity contribution in [1.29, 1.82) is 0 Å². The van der Waals surface area contributed by atoms with E-state index in [0.717, 1.165) is 12.1 Å². The Labute approximate surface area is 102 Å². The van der Waals surface area contributed by atoms with Crippen LogP contribution in [0.25, 0.3) is 0 Å². The van der Waals surface area contributed by atoms with Crippen molar-refractivity contribution in [3.05, 3.63) is 25.1 Å². The SMILES string of the molecule is O=S(=O)(O)c1c(I)cc(F)cc1I. The summed E-state index contributed by atoms with van der Waals surface area (Å²) in [6.07, 6.45) is 0. The standard InChI is InChI=1S/C6H3FI2O3S/c7-3-1-4(8)6(5(9)2-3)13(10,11)12/h1-2H,(H,10,11,12). The summed E-state index contributed by atoms with van der Waals surface area (Å²) >= 11 is 3.31.